The molecule has 0 aliphatic rings. The second-order valence-electron chi connectivity index (χ2n) is 10.6. The van der Waals surface area contributed by atoms with E-state index in [2.05, 4.69) is 43.3 Å². The van der Waals surface area contributed by atoms with E-state index in [1.165, 1.54) is 23.3 Å². The Hall–Kier alpha value is -3.67. The van der Waals surface area contributed by atoms with Gasteiger partial charge in [0.25, 0.3) is 0 Å². The first-order valence-corrected chi connectivity index (χ1v) is 12.2. The Labute approximate surface area is 212 Å². The molecule has 0 spiro atoms. The minimum absolute atomic E-state index is 0.0267. The summed E-state index contributed by atoms with van der Waals surface area (Å²) in [6, 6.07) is 16.1. The summed E-state index contributed by atoms with van der Waals surface area (Å²) in [6.07, 6.45) is 1.38. The first kappa shape index (κ1) is 25.4. The molecule has 36 heavy (non-hydrogen) atoms. The van der Waals surface area contributed by atoms with Gasteiger partial charge in [0, 0.05) is 10.8 Å². The number of carbonyl (C=O) groups is 1. The second kappa shape index (κ2) is 9.76. The summed E-state index contributed by atoms with van der Waals surface area (Å²) in [4.78, 5) is 12.8. The van der Waals surface area contributed by atoms with Crippen molar-refractivity contribution in [3.8, 4) is 11.4 Å². The summed E-state index contributed by atoms with van der Waals surface area (Å²) in [5, 5.41) is 8.55. The number of nitrogens with zero attached hydrogens (tertiary/aromatic N) is 2. The highest BCUT2D eigenvalue weighted by Gasteiger charge is 2.29. The summed E-state index contributed by atoms with van der Waals surface area (Å²) in [5.41, 5.74) is 5.71. The number of aryl methyl sites for hydroxylation is 3. The van der Waals surface area contributed by atoms with Crippen LogP contribution in [0.25, 0.3) is 16.6 Å². The quantitative estimate of drug-likeness (QED) is 0.327. The van der Waals surface area contributed by atoms with Crippen LogP contribution in [0.2, 0.25) is 0 Å². The molecule has 0 saturated carbocycles. The standard InChI is InChI=1S/C30H34FN3O2/c1-18-14-20(3)26(15-19(18)2)28(21(4)33-29(35)30(5,6)7)36-25-12-13-27-22(16-25)17-32-34(27)24-10-8-23(31)9-11-24/h8-17,21,28H,1-7H3,(H,33,35)/t21-,28-/m1/s1. The third-order valence-electron chi connectivity index (χ3n) is 6.56. The van der Waals surface area contributed by atoms with Crippen LogP contribution in [0.3, 0.4) is 0 Å². The Morgan fingerprint density at radius 1 is 0.972 bits per heavy atom. The average Bonchev–Trinajstić information content (AvgIpc) is 3.23. The minimum Gasteiger partial charge on any atom is -0.484 e. The van der Waals surface area contributed by atoms with Crippen molar-refractivity contribution in [2.24, 2.45) is 5.41 Å². The van der Waals surface area contributed by atoms with Crippen LogP contribution < -0.4 is 10.1 Å². The van der Waals surface area contributed by atoms with E-state index < -0.39 is 5.41 Å². The molecule has 1 heterocycles. The van der Waals surface area contributed by atoms with Crippen molar-refractivity contribution in [1.29, 1.82) is 0 Å². The minimum atomic E-state index is -0.509. The molecule has 3 aromatic carbocycles. The molecule has 1 amide bonds. The van der Waals surface area contributed by atoms with Gasteiger partial charge in [-0.2, -0.15) is 5.10 Å². The monoisotopic (exact) mass is 487 g/mol. The van der Waals surface area contributed by atoms with Crippen molar-refractivity contribution in [2.75, 3.05) is 0 Å². The van der Waals surface area contributed by atoms with Crippen LogP contribution in [0.5, 0.6) is 5.75 Å². The van der Waals surface area contributed by atoms with Crippen LogP contribution in [0.4, 0.5) is 4.39 Å². The summed E-state index contributed by atoms with van der Waals surface area (Å²) in [6.45, 7) is 13.9. The molecule has 0 radical (unpaired) electrons. The molecule has 0 unspecified atom stereocenters. The lowest BCUT2D eigenvalue weighted by atomic mass is 9.92. The first-order chi connectivity index (χ1) is 16.9. The highest BCUT2D eigenvalue weighted by Crippen LogP contribution is 2.32. The van der Waals surface area contributed by atoms with Crippen molar-refractivity contribution in [1.82, 2.24) is 15.1 Å². The Balaban J connectivity index is 1.69. The number of rotatable bonds is 6. The fourth-order valence-corrected chi connectivity index (χ4v) is 4.24. The number of halogens is 1. The van der Waals surface area contributed by atoms with Crippen LogP contribution in [0, 0.1) is 32.0 Å². The van der Waals surface area contributed by atoms with Crippen LogP contribution in [-0.2, 0) is 4.79 Å². The average molecular weight is 488 g/mol. The molecular weight excluding hydrogens is 453 g/mol. The van der Waals surface area contributed by atoms with Gasteiger partial charge in [0.05, 0.1) is 23.4 Å². The lowest BCUT2D eigenvalue weighted by molar-refractivity contribution is -0.129. The zero-order valence-corrected chi connectivity index (χ0v) is 22.0. The van der Waals surface area contributed by atoms with Crippen molar-refractivity contribution < 1.29 is 13.9 Å². The fourth-order valence-electron chi connectivity index (χ4n) is 4.24. The van der Waals surface area contributed by atoms with Gasteiger partial charge in [-0.25, -0.2) is 9.07 Å². The van der Waals surface area contributed by atoms with E-state index in [-0.39, 0.29) is 23.9 Å². The van der Waals surface area contributed by atoms with Gasteiger partial charge in [-0.05, 0) is 92.4 Å². The van der Waals surface area contributed by atoms with Gasteiger partial charge in [0.2, 0.25) is 5.91 Å². The Morgan fingerprint density at radius 3 is 2.31 bits per heavy atom. The van der Waals surface area contributed by atoms with Gasteiger partial charge in [0.1, 0.15) is 17.7 Å². The van der Waals surface area contributed by atoms with Gasteiger partial charge in [-0.1, -0.05) is 32.9 Å². The largest absolute Gasteiger partial charge is 0.484 e. The molecule has 1 aromatic heterocycles. The summed E-state index contributed by atoms with van der Waals surface area (Å²) < 4.78 is 21.7. The van der Waals surface area contributed by atoms with E-state index in [9.17, 15) is 9.18 Å². The molecule has 0 aliphatic heterocycles. The predicted octanol–water partition coefficient (Wildman–Crippen LogP) is 6.76. The third-order valence-corrected chi connectivity index (χ3v) is 6.56. The van der Waals surface area contributed by atoms with Gasteiger partial charge in [-0.3, -0.25) is 4.79 Å². The number of nitrogens with one attached hydrogen (secondary N) is 1. The molecule has 0 fully saturated rings. The van der Waals surface area contributed by atoms with E-state index in [1.54, 1.807) is 23.0 Å². The van der Waals surface area contributed by atoms with Crippen molar-refractivity contribution >= 4 is 16.8 Å². The van der Waals surface area contributed by atoms with Crippen molar-refractivity contribution in [3.05, 3.63) is 88.9 Å². The molecule has 5 nitrogen and oxygen atoms in total. The van der Waals surface area contributed by atoms with Crippen LogP contribution >= 0.6 is 0 Å². The topological polar surface area (TPSA) is 56.1 Å². The first-order valence-electron chi connectivity index (χ1n) is 12.2. The van der Waals surface area contributed by atoms with Crippen LogP contribution in [0.15, 0.2) is 60.8 Å². The van der Waals surface area contributed by atoms with E-state index in [4.69, 9.17) is 4.74 Å². The molecule has 188 valence electrons. The molecule has 0 bridgehead atoms. The highest BCUT2D eigenvalue weighted by atomic mass is 19.1. The highest BCUT2D eigenvalue weighted by molar-refractivity contribution is 5.82. The molecule has 0 aliphatic carbocycles. The van der Waals surface area contributed by atoms with E-state index in [1.807, 2.05) is 45.9 Å². The van der Waals surface area contributed by atoms with Crippen molar-refractivity contribution in [2.45, 2.75) is 60.6 Å². The number of ether oxygens (including phenoxy) is 1. The SMILES string of the molecule is Cc1cc(C)c([C@H](Oc2ccc3c(cnn3-c3ccc(F)cc3)c2)[C@@H](C)NC(=O)C(C)(C)C)cc1C. The number of fused-ring (bicyclic) bond motifs is 1. The number of benzene rings is 3. The molecule has 4 rings (SSSR count). The molecule has 2 atom stereocenters. The number of hydrogen-bond donors (Lipinski definition) is 1. The van der Waals surface area contributed by atoms with Gasteiger partial charge >= 0.3 is 0 Å². The van der Waals surface area contributed by atoms with Gasteiger partial charge in [0.15, 0.2) is 0 Å². The maximum absolute atomic E-state index is 13.4. The molecule has 4 aromatic rings. The van der Waals surface area contributed by atoms with Gasteiger partial charge in [-0.15, -0.1) is 0 Å². The Kier molecular flexibility index (Phi) is 6.90. The number of hydrogen-bond acceptors (Lipinski definition) is 3. The number of amides is 1. The smallest absolute Gasteiger partial charge is 0.225 e. The molecular formula is C30H34FN3O2. The zero-order valence-electron chi connectivity index (χ0n) is 22.0. The molecule has 1 N–H and O–H groups in total. The predicted molar refractivity (Wildman–Crippen MR) is 142 cm³/mol. The van der Waals surface area contributed by atoms with E-state index >= 15 is 0 Å². The Bertz CT molecular complexity index is 1400. The van der Waals surface area contributed by atoms with Crippen LogP contribution in [0.1, 0.15) is 56.1 Å². The molecule has 0 saturated heterocycles. The normalized spacial score (nSPS) is 13.4. The van der Waals surface area contributed by atoms with E-state index in [0.717, 1.165) is 27.7 Å². The number of carbonyl (C=O) groups excluding carboxylic acids is 1. The Morgan fingerprint density at radius 2 is 1.64 bits per heavy atom. The lowest BCUT2D eigenvalue weighted by Gasteiger charge is -2.30. The van der Waals surface area contributed by atoms with Gasteiger partial charge < -0.3 is 10.1 Å². The molecule has 6 heteroatoms. The fraction of sp³-hybridized carbons (Fsp3) is 0.333. The van der Waals surface area contributed by atoms with Crippen LogP contribution in [-0.4, -0.2) is 21.7 Å². The third kappa shape index (κ3) is 5.27. The second-order valence-corrected chi connectivity index (χ2v) is 10.6. The van der Waals surface area contributed by atoms with Crippen molar-refractivity contribution in [3.63, 3.8) is 0 Å². The lowest BCUT2D eigenvalue weighted by Crippen LogP contribution is -2.44. The zero-order chi connectivity index (χ0) is 26.2. The maximum Gasteiger partial charge on any atom is 0.225 e. The maximum atomic E-state index is 13.4. The van der Waals surface area contributed by atoms with E-state index in [0.29, 0.717) is 5.75 Å². The summed E-state index contributed by atoms with van der Waals surface area (Å²) in [7, 11) is 0. The summed E-state index contributed by atoms with van der Waals surface area (Å²) >= 11 is 0. The number of aromatic nitrogens is 2. The summed E-state index contributed by atoms with van der Waals surface area (Å²) in [5.74, 6) is 0.369.